The highest BCUT2D eigenvalue weighted by atomic mass is 79.9. The molecule has 19 heavy (non-hydrogen) atoms. The second kappa shape index (κ2) is 7.20. The van der Waals surface area contributed by atoms with Crippen molar-refractivity contribution >= 4 is 33.2 Å². The van der Waals surface area contributed by atoms with Crippen LogP contribution in [0.1, 0.15) is 13.8 Å². The molecule has 0 bridgehead atoms. The number of likely N-dealkylation sites (N-methyl/N-ethyl adjacent to an activating group) is 1. The number of nitro benzene ring substituents is 1. The van der Waals surface area contributed by atoms with E-state index in [4.69, 9.17) is 0 Å². The van der Waals surface area contributed by atoms with Crippen molar-refractivity contribution in [2.75, 3.05) is 25.0 Å². The number of carbonyl (C=O) groups excluding carboxylic acids is 1. The molecule has 0 aliphatic heterocycles. The summed E-state index contributed by atoms with van der Waals surface area (Å²) in [5.41, 5.74) is 0.0904. The van der Waals surface area contributed by atoms with Crippen LogP contribution in [-0.2, 0) is 4.79 Å². The van der Waals surface area contributed by atoms with E-state index in [-0.39, 0.29) is 23.8 Å². The first-order valence-corrected chi connectivity index (χ1v) is 6.73. The van der Waals surface area contributed by atoms with Gasteiger partial charge < -0.3 is 5.32 Å². The van der Waals surface area contributed by atoms with Crippen molar-refractivity contribution in [3.63, 3.8) is 0 Å². The molecule has 0 spiro atoms. The molecular formula is C12H16BrN3O3. The molecule has 0 atom stereocenters. The van der Waals surface area contributed by atoms with E-state index in [1.54, 1.807) is 6.07 Å². The molecular weight excluding hydrogens is 314 g/mol. The summed E-state index contributed by atoms with van der Waals surface area (Å²) < 4.78 is 0.598. The van der Waals surface area contributed by atoms with Gasteiger partial charge in [-0.15, -0.1) is 0 Å². The number of rotatable bonds is 6. The van der Waals surface area contributed by atoms with Gasteiger partial charge in [0, 0.05) is 10.5 Å². The van der Waals surface area contributed by atoms with E-state index in [1.807, 2.05) is 18.7 Å². The molecule has 1 aromatic carbocycles. The molecule has 0 fully saturated rings. The maximum absolute atomic E-state index is 11.8. The second-order valence-corrected chi connectivity index (χ2v) is 4.84. The first-order chi connectivity index (χ1) is 8.97. The van der Waals surface area contributed by atoms with E-state index in [9.17, 15) is 14.9 Å². The van der Waals surface area contributed by atoms with E-state index < -0.39 is 4.92 Å². The predicted molar refractivity (Wildman–Crippen MR) is 77.2 cm³/mol. The van der Waals surface area contributed by atoms with Crippen molar-refractivity contribution in [1.29, 1.82) is 0 Å². The van der Waals surface area contributed by atoms with Gasteiger partial charge in [-0.3, -0.25) is 19.8 Å². The summed E-state index contributed by atoms with van der Waals surface area (Å²) in [6, 6.07) is 4.54. The van der Waals surface area contributed by atoms with E-state index in [0.29, 0.717) is 4.47 Å². The normalized spacial score (nSPS) is 10.5. The third-order valence-electron chi connectivity index (χ3n) is 2.69. The summed E-state index contributed by atoms with van der Waals surface area (Å²) in [6.45, 7) is 5.65. The van der Waals surface area contributed by atoms with Crippen molar-refractivity contribution in [2.45, 2.75) is 13.8 Å². The highest BCUT2D eigenvalue weighted by Gasteiger charge is 2.17. The maximum Gasteiger partial charge on any atom is 0.293 e. The minimum absolute atomic E-state index is 0.123. The van der Waals surface area contributed by atoms with Gasteiger partial charge in [-0.25, -0.2) is 0 Å². The van der Waals surface area contributed by atoms with Crippen molar-refractivity contribution < 1.29 is 9.72 Å². The standard InChI is InChI=1S/C12H16BrN3O3/c1-3-15(4-2)8-12(17)14-10-6-5-9(13)7-11(10)16(18)19/h5-7H,3-4,8H2,1-2H3,(H,14,17). The number of nitrogens with zero attached hydrogens (tertiary/aromatic N) is 2. The molecule has 0 aliphatic rings. The van der Waals surface area contributed by atoms with E-state index in [1.165, 1.54) is 12.1 Å². The lowest BCUT2D eigenvalue weighted by atomic mass is 10.2. The topological polar surface area (TPSA) is 75.5 Å². The Balaban J connectivity index is 2.82. The van der Waals surface area contributed by atoms with Crippen molar-refractivity contribution in [3.8, 4) is 0 Å². The molecule has 1 amide bonds. The number of hydrogen-bond acceptors (Lipinski definition) is 4. The fourth-order valence-electron chi connectivity index (χ4n) is 1.60. The third-order valence-corrected chi connectivity index (χ3v) is 3.19. The molecule has 0 aromatic heterocycles. The third kappa shape index (κ3) is 4.60. The van der Waals surface area contributed by atoms with Crippen LogP contribution in [0.3, 0.4) is 0 Å². The number of halogens is 1. The molecule has 104 valence electrons. The summed E-state index contributed by atoms with van der Waals surface area (Å²) in [4.78, 5) is 24.1. The molecule has 6 nitrogen and oxygen atoms in total. The van der Waals surface area contributed by atoms with Crippen LogP contribution in [0.4, 0.5) is 11.4 Å². The predicted octanol–water partition coefficient (Wildman–Crippen LogP) is 2.64. The fraction of sp³-hybridized carbons (Fsp3) is 0.417. The molecule has 7 heteroatoms. The minimum atomic E-state index is -0.516. The highest BCUT2D eigenvalue weighted by molar-refractivity contribution is 9.10. The van der Waals surface area contributed by atoms with Gasteiger partial charge in [0.2, 0.25) is 5.91 Å². The van der Waals surface area contributed by atoms with Crippen LogP contribution in [0.15, 0.2) is 22.7 Å². The average molecular weight is 330 g/mol. The molecule has 0 unspecified atom stereocenters. The summed E-state index contributed by atoms with van der Waals surface area (Å²) >= 11 is 3.17. The Morgan fingerprint density at radius 3 is 2.58 bits per heavy atom. The molecule has 0 aliphatic carbocycles. The van der Waals surface area contributed by atoms with Gasteiger partial charge in [-0.05, 0) is 25.2 Å². The number of anilines is 1. The minimum Gasteiger partial charge on any atom is -0.319 e. The number of nitro groups is 1. The fourth-order valence-corrected chi connectivity index (χ4v) is 1.95. The first kappa shape index (κ1) is 15.6. The quantitative estimate of drug-likeness (QED) is 0.643. The SMILES string of the molecule is CCN(CC)CC(=O)Nc1ccc(Br)cc1[N+](=O)[O-]. The smallest absolute Gasteiger partial charge is 0.293 e. The zero-order chi connectivity index (χ0) is 14.4. The molecule has 1 rings (SSSR count). The lowest BCUT2D eigenvalue weighted by molar-refractivity contribution is -0.384. The van der Waals surface area contributed by atoms with Crippen LogP contribution in [0.5, 0.6) is 0 Å². The van der Waals surface area contributed by atoms with Gasteiger partial charge in [0.25, 0.3) is 5.69 Å². The Hall–Kier alpha value is -1.47. The van der Waals surface area contributed by atoms with Crippen LogP contribution in [0, 0.1) is 10.1 Å². The zero-order valence-corrected chi connectivity index (χ0v) is 12.4. The van der Waals surface area contributed by atoms with Gasteiger partial charge in [0.15, 0.2) is 0 Å². The Bertz CT molecular complexity index is 475. The molecule has 0 radical (unpaired) electrons. The number of nitrogens with one attached hydrogen (secondary N) is 1. The largest absolute Gasteiger partial charge is 0.319 e. The molecule has 0 heterocycles. The van der Waals surface area contributed by atoms with Crippen LogP contribution >= 0.6 is 15.9 Å². The van der Waals surface area contributed by atoms with E-state index >= 15 is 0 Å². The first-order valence-electron chi connectivity index (χ1n) is 5.94. The highest BCUT2D eigenvalue weighted by Crippen LogP contribution is 2.27. The lowest BCUT2D eigenvalue weighted by Crippen LogP contribution is -2.33. The van der Waals surface area contributed by atoms with Crippen LogP contribution in [-0.4, -0.2) is 35.4 Å². The summed E-state index contributed by atoms with van der Waals surface area (Å²) in [5, 5.41) is 13.5. The van der Waals surface area contributed by atoms with Gasteiger partial charge in [0.1, 0.15) is 5.69 Å². The molecule has 1 aromatic rings. The Morgan fingerprint density at radius 2 is 2.05 bits per heavy atom. The van der Waals surface area contributed by atoms with Crippen LogP contribution in [0.25, 0.3) is 0 Å². The van der Waals surface area contributed by atoms with Gasteiger partial charge in [-0.2, -0.15) is 0 Å². The lowest BCUT2D eigenvalue weighted by Gasteiger charge is -2.17. The van der Waals surface area contributed by atoms with Crippen molar-refractivity contribution in [2.24, 2.45) is 0 Å². The molecule has 0 saturated heterocycles. The average Bonchev–Trinajstić information content (AvgIpc) is 2.37. The monoisotopic (exact) mass is 329 g/mol. The zero-order valence-electron chi connectivity index (χ0n) is 10.9. The summed E-state index contributed by atoms with van der Waals surface area (Å²) in [7, 11) is 0. The Kier molecular flexibility index (Phi) is 5.91. The number of benzene rings is 1. The molecule has 1 N–H and O–H groups in total. The Labute approximate surface area is 120 Å². The van der Waals surface area contributed by atoms with Crippen LogP contribution < -0.4 is 5.32 Å². The Morgan fingerprint density at radius 1 is 1.42 bits per heavy atom. The van der Waals surface area contributed by atoms with Crippen molar-refractivity contribution in [1.82, 2.24) is 4.90 Å². The summed E-state index contributed by atoms with van der Waals surface area (Å²) in [5.74, 6) is -0.255. The maximum atomic E-state index is 11.8. The van der Waals surface area contributed by atoms with Gasteiger partial charge >= 0.3 is 0 Å². The van der Waals surface area contributed by atoms with Gasteiger partial charge in [-0.1, -0.05) is 29.8 Å². The number of amides is 1. The molecule has 0 saturated carbocycles. The summed E-state index contributed by atoms with van der Waals surface area (Å²) in [6.07, 6.45) is 0. The van der Waals surface area contributed by atoms with Crippen molar-refractivity contribution in [3.05, 3.63) is 32.8 Å². The van der Waals surface area contributed by atoms with E-state index in [2.05, 4.69) is 21.2 Å². The van der Waals surface area contributed by atoms with Gasteiger partial charge in [0.05, 0.1) is 11.5 Å². The number of carbonyl (C=O) groups is 1. The second-order valence-electron chi connectivity index (χ2n) is 3.93. The number of hydrogen-bond donors (Lipinski definition) is 1. The van der Waals surface area contributed by atoms with E-state index in [0.717, 1.165) is 13.1 Å². The van der Waals surface area contributed by atoms with Crippen LogP contribution in [0.2, 0.25) is 0 Å².